The van der Waals surface area contributed by atoms with Gasteiger partial charge in [0.2, 0.25) is 5.91 Å². The maximum Gasteiger partial charge on any atom is 0.433 e. The Kier molecular flexibility index (Phi) is 7.14. The summed E-state index contributed by atoms with van der Waals surface area (Å²) in [5.74, 6) is 0.179. The number of nitrogens with one attached hydrogen (secondary N) is 3. The topological polar surface area (TPSA) is 109 Å². The van der Waals surface area contributed by atoms with Crippen molar-refractivity contribution in [2.24, 2.45) is 0 Å². The highest BCUT2D eigenvalue weighted by Crippen LogP contribution is 2.30. The fraction of sp³-hybridized carbons (Fsp3) is 0.115. The first-order valence-electron chi connectivity index (χ1n) is 11.0. The molecule has 4 rings (SSSR count). The molecule has 0 saturated carbocycles. The summed E-state index contributed by atoms with van der Waals surface area (Å²) in [6.07, 6.45) is -0.377. The molecule has 0 unspecified atom stereocenters. The van der Waals surface area contributed by atoms with Crippen molar-refractivity contribution in [3.05, 3.63) is 84.4 Å². The first kappa shape index (κ1) is 25.3. The molecule has 0 aliphatic carbocycles. The Morgan fingerprint density at radius 1 is 0.784 bits per heavy atom. The molecular weight excluding hydrogens is 485 g/mol. The lowest BCUT2D eigenvalue weighted by atomic mass is 9.99. The van der Waals surface area contributed by atoms with Gasteiger partial charge in [-0.15, -0.1) is 0 Å². The Labute approximate surface area is 210 Å². The number of carbonyl (C=O) groups is 2. The number of urea groups is 1. The van der Waals surface area contributed by atoms with Crippen LogP contribution in [0.5, 0.6) is 0 Å². The number of alkyl halides is 3. The van der Waals surface area contributed by atoms with Gasteiger partial charge in [-0.3, -0.25) is 9.78 Å². The molecule has 3 N–H and O–H groups in total. The molecular formula is C26H21F3N6O2. The zero-order chi connectivity index (χ0) is 26.6. The minimum atomic E-state index is -4.56. The second-order valence-electron chi connectivity index (χ2n) is 8.08. The van der Waals surface area contributed by atoms with Gasteiger partial charge in [0.05, 0.1) is 17.6 Å². The number of aromatic nitrogens is 3. The highest BCUT2D eigenvalue weighted by atomic mass is 19.4. The number of hydrogen-bond acceptors (Lipinski definition) is 5. The van der Waals surface area contributed by atoms with Gasteiger partial charge in [-0.1, -0.05) is 6.07 Å². The number of pyridine rings is 3. The van der Waals surface area contributed by atoms with Crippen LogP contribution in [-0.4, -0.2) is 26.9 Å². The van der Waals surface area contributed by atoms with Crippen molar-refractivity contribution in [2.45, 2.75) is 20.0 Å². The molecule has 0 aliphatic rings. The van der Waals surface area contributed by atoms with Crippen molar-refractivity contribution in [1.29, 1.82) is 0 Å². The van der Waals surface area contributed by atoms with Crippen LogP contribution in [0.4, 0.5) is 35.2 Å². The molecule has 0 saturated heterocycles. The molecule has 0 atom stereocenters. The van der Waals surface area contributed by atoms with E-state index in [1.807, 2.05) is 25.1 Å². The number of amides is 3. The zero-order valence-corrected chi connectivity index (χ0v) is 19.7. The lowest BCUT2D eigenvalue weighted by molar-refractivity contribution is -0.141. The van der Waals surface area contributed by atoms with E-state index in [-0.39, 0.29) is 11.6 Å². The average Bonchev–Trinajstić information content (AvgIpc) is 2.85. The molecule has 3 heterocycles. The second-order valence-corrected chi connectivity index (χ2v) is 8.08. The van der Waals surface area contributed by atoms with Gasteiger partial charge in [0.25, 0.3) is 0 Å². The number of benzene rings is 1. The maximum absolute atomic E-state index is 12.7. The molecule has 0 fully saturated rings. The van der Waals surface area contributed by atoms with Crippen molar-refractivity contribution in [3.8, 4) is 22.4 Å². The van der Waals surface area contributed by atoms with Crippen LogP contribution in [-0.2, 0) is 11.0 Å². The summed E-state index contributed by atoms with van der Waals surface area (Å²) in [6.45, 7) is 3.33. The lowest BCUT2D eigenvalue weighted by Crippen LogP contribution is -2.20. The van der Waals surface area contributed by atoms with Crippen LogP contribution in [0.2, 0.25) is 0 Å². The molecule has 4 aromatic rings. The Balaban J connectivity index is 1.52. The number of hydrogen-bond donors (Lipinski definition) is 3. The minimum Gasteiger partial charge on any atom is -0.311 e. The number of carbonyl (C=O) groups excluding carboxylic acids is 2. The molecule has 188 valence electrons. The summed E-state index contributed by atoms with van der Waals surface area (Å²) < 4.78 is 38.0. The van der Waals surface area contributed by atoms with Gasteiger partial charge in [0, 0.05) is 30.6 Å². The standard InChI is InChI=1S/C26H21F3N6O2/c1-15-3-4-19(34-25(37)35-20-5-6-23(32-14-20)26(27,28)29)13-21(15)17-7-9-30-22(11-17)18-8-10-31-24(12-18)33-16(2)36/h3-14H,1-2H3,(H,31,33,36)(H2,34,35,37). The summed E-state index contributed by atoms with van der Waals surface area (Å²) >= 11 is 0. The van der Waals surface area contributed by atoms with Crippen LogP contribution in [0, 0.1) is 6.92 Å². The van der Waals surface area contributed by atoms with Gasteiger partial charge < -0.3 is 16.0 Å². The van der Waals surface area contributed by atoms with Gasteiger partial charge in [0.1, 0.15) is 11.5 Å². The quantitative estimate of drug-likeness (QED) is 0.302. The molecule has 0 aliphatic heterocycles. The van der Waals surface area contributed by atoms with Crippen molar-refractivity contribution in [2.75, 3.05) is 16.0 Å². The van der Waals surface area contributed by atoms with E-state index in [1.165, 1.54) is 6.92 Å². The number of aryl methyl sites for hydroxylation is 1. The third-order valence-electron chi connectivity index (χ3n) is 5.24. The number of halogens is 3. The smallest absolute Gasteiger partial charge is 0.311 e. The van der Waals surface area contributed by atoms with E-state index < -0.39 is 17.9 Å². The second kappa shape index (κ2) is 10.4. The summed E-state index contributed by atoms with van der Waals surface area (Å²) in [5, 5.41) is 7.79. The lowest BCUT2D eigenvalue weighted by Gasteiger charge is -2.13. The van der Waals surface area contributed by atoms with Crippen molar-refractivity contribution in [1.82, 2.24) is 15.0 Å². The molecule has 3 aromatic heterocycles. The predicted molar refractivity (Wildman–Crippen MR) is 134 cm³/mol. The highest BCUT2D eigenvalue weighted by molar-refractivity contribution is 6.00. The molecule has 1 aromatic carbocycles. The first-order chi connectivity index (χ1) is 17.6. The van der Waals surface area contributed by atoms with Crippen molar-refractivity contribution in [3.63, 3.8) is 0 Å². The Morgan fingerprint density at radius 2 is 1.49 bits per heavy atom. The fourth-order valence-electron chi connectivity index (χ4n) is 3.53. The maximum atomic E-state index is 12.7. The van der Waals surface area contributed by atoms with Gasteiger partial charge in [-0.2, -0.15) is 13.2 Å². The van der Waals surface area contributed by atoms with E-state index in [1.54, 1.807) is 36.7 Å². The minimum absolute atomic E-state index is 0.118. The van der Waals surface area contributed by atoms with Crippen LogP contribution in [0.15, 0.2) is 73.2 Å². The monoisotopic (exact) mass is 506 g/mol. The fourth-order valence-corrected chi connectivity index (χ4v) is 3.53. The number of rotatable bonds is 5. The molecule has 0 bridgehead atoms. The third kappa shape index (κ3) is 6.45. The van der Waals surface area contributed by atoms with Gasteiger partial charge in [-0.05, 0) is 72.1 Å². The van der Waals surface area contributed by atoms with Crippen LogP contribution in [0.1, 0.15) is 18.2 Å². The Morgan fingerprint density at radius 3 is 2.19 bits per heavy atom. The summed E-state index contributed by atoms with van der Waals surface area (Å²) in [6, 6.07) is 13.9. The largest absolute Gasteiger partial charge is 0.433 e. The van der Waals surface area contributed by atoms with Gasteiger partial charge >= 0.3 is 12.2 Å². The van der Waals surface area contributed by atoms with Crippen molar-refractivity contribution < 1.29 is 22.8 Å². The van der Waals surface area contributed by atoms with Crippen LogP contribution >= 0.6 is 0 Å². The van der Waals surface area contributed by atoms with Crippen molar-refractivity contribution >= 4 is 29.1 Å². The molecule has 8 nitrogen and oxygen atoms in total. The van der Waals surface area contributed by atoms with E-state index >= 15 is 0 Å². The molecule has 0 radical (unpaired) electrons. The number of anilines is 3. The SMILES string of the molecule is CC(=O)Nc1cc(-c2cc(-c3cc(NC(=O)Nc4ccc(C(F)(F)F)nc4)ccc3C)ccn2)ccn1. The molecule has 11 heteroatoms. The van der Waals surface area contributed by atoms with Gasteiger partial charge in [0.15, 0.2) is 0 Å². The summed E-state index contributed by atoms with van der Waals surface area (Å²) in [7, 11) is 0. The van der Waals surface area contributed by atoms with Gasteiger partial charge in [-0.25, -0.2) is 14.8 Å². The molecule has 37 heavy (non-hydrogen) atoms. The van der Waals surface area contributed by atoms with Crippen LogP contribution in [0.25, 0.3) is 22.4 Å². The number of nitrogens with zero attached hydrogens (tertiary/aromatic N) is 3. The van der Waals surface area contributed by atoms with E-state index in [0.717, 1.165) is 40.6 Å². The summed E-state index contributed by atoms with van der Waals surface area (Å²) in [5.41, 5.74) is 3.61. The summed E-state index contributed by atoms with van der Waals surface area (Å²) in [4.78, 5) is 35.7. The first-order valence-corrected chi connectivity index (χ1v) is 11.0. The Bertz CT molecular complexity index is 1460. The Hall–Kier alpha value is -4.80. The van der Waals surface area contributed by atoms with Crippen LogP contribution < -0.4 is 16.0 Å². The van der Waals surface area contributed by atoms with E-state index in [0.29, 0.717) is 17.2 Å². The highest BCUT2D eigenvalue weighted by Gasteiger charge is 2.32. The zero-order valence-electron chi connectivity index (χ0n) is 19.7. The van der Waals surface area contributed by atoms with E-state index in [9.17, 15) is 22.8 Å². The normalized spacial score (nSPS) is 11.1. The van der Waals surface area contributed by atoms with Crippen LogP contribution in [0.3, 0.4) is 0 Å². The predicted octanol–water partition coefficient (Wildman–Crippen LogP) is 6.14. The average molecular weight is 506 g/mol. The van der Waals surface area contributed by atoms with E-state index in [4.69, 9.17) is 0 Å². The van der Waals surface area contributed by atoms with E-state index in [2.05, 4.69) is 30.9 Å². The molecule has 3 amide bonds. The third-order valence-corrected chi connectivity index (χ3v) is 5.24. The molecule has 0 spiro atoms.